The normalized spacial score (nSPS) is 13.3. The maximum atomic E-state index is 13.0. The highest BCUT2D eigenvalue weighted by molar-refractivity contribution is 5.78. The van der Waals surface area contributed by atoms with Gasteiger partial charge in [0, 0.05) is 0 Å². The summed E-state index contributed by atoms with van der Waals surface area (Å²) < 4.78 is 23.6. The van der Waals surface area contributed by atoms with Crippen molar-refractivity contribution in [2.75, 3.05) is 0 Å². The van der Waals surface area contributed by atoms with E-state index in [1.807, 2.05) is 13.8 Å². The number of halogens is 1. The predicted molar refractivity (Wildman–Crippen MR) is 92.4 cm³/mol. The van der Waals surface area contributed by atoms with Gasteiger partial charge in [0.25, 0.3) is 0 Å². The summed E-state index contributed by atoms with van der Waals surface area (Å²) in [6.07, 6.45) is 2.49. The molecule has 2 atom stereocenters. The molecule has 0 aliphatic carbocycles. The first-order valence-corrected chi connectivity index (χ1v) is 8.48. The summed E-state index contributed by atoms with van der Waals surface area (Å²) >= 11 is 0. The summed E-state index contributed by atoms with van der Waals surface area (Å²) in [7, 11) is 0. The van der Waals surface area contributed by atoms with Crippen molar-refractivity contribution in [2.45, 2.75) is 32.7 Å². The van der Waals surface area contributed by atoms with Gasteiger partial charge in [-0.25, -0.2) is 4.39 Å². The third kappa shape index (κ3) is 4.17. The van der Waals surface area contributed by atoms with Crippen molar-refractivity contribution in [3.63, 3.8) is 0 Å². The molecule has 7 heteroatoms. The molecule has 2 heterocycles. The van der Waals surface area contributed by atoms with Crippen LogP contribution >= 0.6 is 0 Å². The van der Waals surface area contributed by atoms with Crippen LogP contribution in [0.3, 0.4) is 0 Å². The van der Waals surface area contributed by atoms with Gasteiger partial charge in [-0.15, -0.1) is 0 Å². The summed E-state index contributed by atoms with van der Waals surface area (Å²) in [6.45, 7) is 4.02. The van der Waals surface area contributed by atoms with Gasteiger partial charge in [0.1, 0.15) is 11.9 Å². The summed E-state index contributed by atoms with van der Waals surface area (Å²) in [5, 5.41) is 6.87. The molecule has 0 saturated heterocycles. The number of carbonyl (C=O) groups is 1. The number of nitrogens with one attached hydrogen (secondary N) is 1. The first-order valence-electron chi connectivity index (χ1n) is 8.48. The Morgan fingerprint density at radius 2 is 2.04 bits per heavy atom. The van der Waals surface area contributed by atoms with Gasteiger partial charge >= 0.3 is 0 Å². The predicted octanol–water partition coefficient (Wildman–Crippen LogP) is 3.91. The molecule has 0 spiro atoms. The first kappa shape index (κ1) is 17.8. The Morgan fingerprint density at radius 1 is 1.27 bits per heavy atom. The summed E-state index contributed by atoms with van der Waals surface area (Å²) in [5.41, 5.74) is 0.730. The molecule has 3 aromatic rings. The Hall–Kier alpha value is -2.96. The number of hydrogen-bond acceptors (Lipinski definition) is 5. The van der Waals surface area contributed by atoms with Gasteiger partial charge in [0.2, 0.25) is 17.6 Å². The maximum absolute atomic E-state index is 13.0. The van der Waals surface area contributed by atoms with E-state index in [1.165, 1.54) is 18.4 Å². The standard InChI is InChI=1S/C19H20FN3O3/c1-3-12(2)17(19-22-18(23-26-19)15-5-4-10-25-15)21-16(24)11-13-6-8-14(20)9-7-13/h4-10,12,17H,3,11H2,1-2H3,(H,21,24)/t12-,17+/m1/s1. The van der Waals surface area contributed by atoms with E-state index in [4.69, 9.17) is 8.94 Å². The van der Waals surface area contributed by atoms with E-state index >= 15 is 0 Å². The maximum Gasteiger partial charge on any atom is 0.249 e. The fraction of sp³-hybridized carbons (Fsp3) is 0.316. The number of benzene rings is 1. The lowest BCUT2D eigenvalue weighted by atomic mass is 9.98. The van der Waals surface area contributed by atoms with Crippen molar-refractivity contribution < 1.29 is 18.1 Å². The van der Waals surface area contributed by atoms with Crippen LogP contribution in [0.15, 0.2) is 51.6 Å². The lowest BCUT2D eigenvalue weighted by Gasteiger charge is -2.20. The van der Waals surface area contributed by atoms with Gasteiger partial charge in [-0.1, -0.05) is 37.6 Å². The zero-order chi connectivity index (χ0) is 18.5. The van der Waals surface area contributed by atoms with Gasteiger partial charge in [0.05, 0.1) is 12.7 Å². The summed E-state index contributed by atoms with van der Waals surface area (Å²) in [4.78, 5) is 16.8. The van der Waals surface area contributed by atoms with Crippen molar-refractivity contribution in [1.82, 2.24) is 15.5 Å². The van der Waals surface area contributed by atoms with Crippen LogP contribution in [0.5, 0.6) is 0 Å². The van der Waals surface area contributed by atoms with E-state index in [9.17, 15) is 9.18 Å². The molecule has 0 radical (unpaired) electrons. The van der Waals surface area contributed by atoms with E-state index in [0.717, 1.165) is 12.0 Å². The van der Waals surface area contributed by atoms with Crippen LogP contribution in [0, 0.1) is 11.7 Å². The van der Waals surface area contributed by atoms with E-state index in [0.29, 0.717) is 17.5 Å². The number of rotatable bonds is 7. The monoisotopic (exact) mass is 357 g/mol. The third-order valence-electron chi connectivity index (χ3n) is 4.26. The van der Waals surface area contributed by atoms with Crippen molar-refractivity contribution >= 4 is 5.91 Å². The molecule has 0 unspecified atom stereocenters. The molecule has 26 heavy (non-hydrogen) atoms. The Labute approximate surface area is 150 Å². The van der Waals surface area contributed by atoms with Crippen molar-refractivity contribution in [1.29, 1.82) is 0 Å². The third-order valence-corrected chi connectivity index (χ3v) is 4.26. The summed E-state index contributed by atoms with van der Waals surface area (Å²) in [5.74, 6) is 0.740. The van der Waals surface area contributed by atoms with Gasteiger partial charge in [-0.3, -0.25) is 4.79 Å². The molecular weight excluding hydrogens is 337 g/mol. The molecule has 1 N–H and O–H groups in total. The van der Waals surface area contributed by atoms with Gasteiger partial charge in [0.15, 0.2) is 5.76 Å². The molecule has 0 fully saturated rings. The Kier molecular flexibility index (Phi) is 5.46. The molecule has 0 bridgehead atoms. The van der Waals surface area contributed by atoms with Crippen molar-refractivity contribution in [3.8, 4) is 11.6 Å². The van der Waals surface area contributed by atoms with Crippen LogP contribution < -0.4 is 5.32 Å². The second-order valence-corrected chi connectivity index (χ2v) is 6.17. The molecule has 136 valence electrons. The molecule has 0 saturated carbocycles. The highest BCUT2D eigenvalue weighted by Gasteiger charge is 2.26. The van der Waals surface area contributed by atoms with Crippen molar-refractivity contribution in [2.24, 2.45) is 5.92 Å². The Balaban J connectivity index is 1.74. The average molecular weight is 357 g/mol. The van der Waals surface area contributed by atoms with Gasteiger partial charge < -0.3 is 14.3 Å². The zero-order valence-electron chi connectivity index (χ0n) is 14.6. The van der Waals surface area contributed by atoms with Crippen molar-refractivity contribution in [3.05, 3.63) is 59.9 Å². The minimum atomic E-state index is -0.413. The fourth-order valence-electron chi connectivity index (χ4n) is 2.56. The topological polar surface area (TPSA) is 81.2 Å². The number of amides is 1. The second-order valence-electron chi connectivity index (χ2n) is 6.17. The smallest absolute Gasteiger partial charge is 0.249 e. The van der Waals surface area contributed by atoms with Crippen LogP contribution in [-0.4, -0.2) is 16.0 Å². The van der Waals surface area contributed by atoms with E-state index < -0.39 is 6.04 Å². The quantitative estimate of drug-likeness (QED) is 0.693. The minimum Gasteiger partial charge on any atom is -0.461 e. The molecule has 0 aliphatic rings. The molecule has 1 amide bonds. The lowest BCUT2D eigenvalue weighted by molar-refractivity contribution is -0.121. The molecule has 6 nitrogen and oxygen atoms in total. The van der Waals surface area contributed by atoms with Crippen LogP contribution in [0.25, 0.3) is 11.6 Å². The molecule has 1 aromatic carbocycles. The second kappa shape index (κ2) is 7.95. The fourth-order valence-corrected chi connectivity index (χ4v) is 2.56. The molecule has 2 aromatic heterocycles. The SMILES string of the molecule is CC[C@@H](C)[C@H](NC(=O)Cc1ccc(F)cc1)c1nc(-c2ccco2)no1. The van der Waals surface area contributed by atoms with Gasteiger partial charge in [-0.2, -0.15) is 4.98 Å². The highest BCUT2D eigenvalue weighted by atomic mass is 19.1. The largest absolute Gasteiger partial charge is 0.461 e. The van der Waals surface area contributed by atoms with Crippen LogP contribution in [0.2, 0.25) is 0 Å². The number of aromatic nitrogens is 2. The molecule has 3 rings (SSSR count). The lowest BCUT2D eigenvalue weighted by Crippen LogP contribution is -2.33. The average Bonchev–Trinajstić information content (AvgIpc) is 3.32. The minimum absolute atomic E-state index is 0.0945. The highest BCUT2D eigenvalue weighted by Crippen LogP contribution is 2.26. The Bertz CT molecular complexity index is 843. The van der Waals surface area contributed by atoms with Gasteiger partial charge in [-0.05, 0) is 35.7 Å². The van der Waals surface area contributed by atoms with E-state index in [1.54, 1.807) is 24.3 Å². The first-order chi connectivity index (χ1) is 12.6. The zero-order valence-corrected chi connectivity index (χ0v) is 14.6. The number of nitrogens with zero attached hydrogens (tertiary/aromatic N) is 2. The molecule has 0 aliphatic heterocycles. The number of carbonyl (C=O) groups excluding carboxylic acids is 1. The molecular formula is C19H20FN3O3. The van der Waals surface area contributed by atoms with Crippen LogP contribution in [0.4, 0.5) is 4.39 Å². The number of furan rings is 1. The summed E-state index contributed by atoms with van der Waals surface area (Å²) in [6, 6.07) is 8.92. The van der Waals surface area contributed by atoms with Crippen LogP contribution in [0.1, 0.15) is 37.8 Å². The van der Waals surface area contributed by atoms with Crippen LogP contribution in [-0.2, 0) is 11.2 Å². The van der Waals surface area contributed by atoms with E-state index in [2.05, 4.69) is 15.5 Å². The van der Waals surface area contributed by atoms with E-state index in [-0.39, 0.29) is 24.1 Å². The number of hydrogen-bond donors (Lipinski definition) is 1. The Morgan fingerprint density at radius 3 is 2.69 bits per heavy atom.